The first-order chi connectivity index (χ1) is 21.3. The Morgan fingerprint density at radius 2 is 1.16 bits per heavy atom. The quantitative estimate of drug-likeness (QED) is 0.211. The highest BCUT2D eigenvalue weighted by Gasteiger charge is 2.35. The van der Waals surface area contributed by atoms with Crippen molar-refractivity contribution in [1.29, 1.82) is 0 Å². The average Bonchev–Trinajstić information content (AvgIpc) is 3.58. The molecule has 0 radical (unpaired) electrons. The van der Waals surface area contributed by atoms with Crippen molar-refractivity contribution in [2.45, 2.75) is 38.8 Å². The Morgan fingerprint density at radius 1 is 0.711 bits per heavy atom. The number of nitrogens with zero attached hydrogens (tertiary/aromatic N) is 4. The van der Waals surface area contributed by atoms with Crippen LogP contribution in [0.3, 0.4) is 0 Å². The molecule has 15 heteroatoms. The molecule has 0 fully saturated rings. The normalized spacial score (nSPS) is 18.2. The van der Waals surface area contributed by atoms with Crippen molar-refractivity contribution in [1.82, 2.24) is 10.3 Å². The van der Waals surface area contributed by atoms with E-state index in [0.717, 1.165) is 0 Å². The second-order valence-corrected chi connectivity index (χ2v) is 10.5. The predicted octanol–water partition coefficient (Wildman–Crippen LogP) is 7.44. The second kappa shape index (κ2) is 12.6. The van der Waals surface area contributed by atoms with Gasteiger partial charge in [0, 0.05) is 72.8 Å². The number of aryl methyl sites for hydroxylation is 2. The molecule has 234 valence electrons. The van der Waals surface area contributed by atoms with Crippen LogP contribution in [0.15, 0.2) is 69.0 Å². The summed E-state index contributed by atoms with van der Waals surface area (Å²) < 4.78 is 92.3. The molecule has 0 amide bonds. The van der Waals surface area contributed by atoms with Gasteiger partial charge in [-0.2, -0.15) is 0 Å². The molecule has 8 nitrogen and oxygen atoms in total. The lowest BCUT2D eigenvalue weighted by molar-refractivity contribution is -0.116. The average molecular weight is 651 g/mol. The number of aromatic nitrogens is 2. The topological polar surface area (TPSA) is 92.7 Å². The number of halogens is 7. The summed E-state index contributed by atoms with van der Waals surface area (Å²) in [5.41, 5.74) is -0.805. The van der Waals surface area contributed by atoms with Gasteiger partial charge < -0.3 is 18.8 Å². The molecular formula is C30H21ClF6N4O4. The van der Waals surface area contributed by atoms with Gasteiger partial charge in [0.2, 0.25) is 0 Å². The van der Waals surface area contributed by atoms with Gasteiger partial charge in [-0.3, -0.25) is 9.59 Å². The molecule has 0 saturated heterocycles. The SMILES string of the molecule is Cc1cc(N2C=C(Cl)C(=O)CC2c2c(F)cc(F)cc2F)no1.Cc1cc(N2C=CC(=O)CC2c2c(F)cc(F)cc2F)no1. The number of ketones is 2. The van der Waals surface area contributed by atoms with Crippen LogP contribution in [0.4, 0.5) is 38.0 Å². The van der Waals surface area contributed by atoms with Gasteiger partial charge in [-0.25, -0.2) is 26.3 Å². The van der Waals surface area contributed by atoms with Gasteiger partial charge in [0.15, 0.2) is 23.2 Å². The molecule has 2 unspecified atom stereocenters. The van der Waals surface area contributed by atoms with Crippen molar-refractivity contribution in [3.63, 3.8) is 0 Å². The summed E-state index contributed by atoms with van der Waals surface area (Å²) in [5.74, 6) is -5.54. The van der Waals surface area contributed by atoms with E-state index in [4.69, 9.17) is 20.6 Å². The van der Waals surface area contributed by atoms with Crippen LogP contribution in [-0.4, -0.2) is 21.9 Å². The molecule has 4 aromatic rings. The maximum Gasteiger partial charge on any atom is 0.178 e. The van der Waals surface area contributed by atoms with E-state index in [-0.39, 0.29) is 35.0 Å². The van der Waals surface area contributed by atoms with Gasteiger partial charge in [-0.1, -0.05) is 21.9 Å². The van der Waals surface area contributed by atoms with Gasteiger partial charge in [0.05, 0.1) is 17.1 Å². The zero-order valence-corrected chi connectivity index (χ0v) is 24.1. The summed E-state index contributed by atoms with van der Waals surface area (Å²) >= 11 is 5.84. The number of anilines is 2. The number of hydrogen-bond acceptors (Lipinski definition) is 8. The predicted molar refractivity (Wildman–Crippen MR) is 148 cm³/mol. The molecule has 2 atom stereocenters. The highest BCUT2D eigenvalue weighted by molar-refractivity contribution is 6.43. The van der Waals surface area contributed by atoms with Gasteiger partial charge in [0.1, 0.15) is 46.4 Å². The monoisotopic (exact) mass is 650 g/mol. The molecule has 0 N–H and O–H groups in total. The van der Waals surface area contributed by atoms with Crippen molar-refractivity contribution in [2.75, 3.05) is 9.80 Å². The molecule has 4 heterocycles. The number of carbonyl (C=O) groups is 2. The third-order valence-electron chi connectivity index (χ3n) is 6.90. The Balaban J connectivity index is 0.000000178. The van der Waals surface area contributed by atoms with Crippen molar-refractivity contribution >= 4 is 34.8 Å². The fourth-order valence-corrected chi connectivity index (χ4v) is 5.10. The van der Waals surface area contributed by atoms with E-state index in [2.05, 4.69) is 10.3 Å². The minimum atomic E-state index is -1.09. The van der Waals surface area contributed by atoms with Crippen LogP contribution in [0.5, 0.6) is 0 Å². The summed E-state index contributed by atoms with van der Waals surface area (Å²) in [6, 6.07) is 3.41. The van der Waals surface area contributed by atoms with E-state index in [9.17, 15) is 35.9 Å². The lowest BCUT2D eigenvalue weighted by atomic mass is 9.96. The fraction of sp³-hybridized carbons (Fsp3) is 0.200. The Labute approximate surface area is 256 Å². The van der Waals surface area contributed by atoms with Gasteiger partial charge in [0.25, 0.3) is 0 Å². The van der Waals surface area contributed by atoms with Crippen LogP contribution in [0, 0.1) is 48.8 Å². The molecule has 0 saturated carbocycles. The van der Waals surface area contributed by atoms with E-state index in [0.29, 0.717) is 41.6 Å². The highest BCUT2D eigenvalue weighted by Crippen LogP contribution is 2.38. The smallest absolute Gasteiger partial charge is 0.178 e. The van der Waals surface area contributed by atoms with Gasteiger partial charge in [-0.05, 0) is 19.9 Å². The standard InChI is InChI=1S/C15H10ClF3N2O2.C15H11F3N2O2/c1-7-2-14(20-23-7)21-6-9(16)13(22)5-12(21)15-10(18)3-8(17)4-11(15)19;1-8-4-14(19-22-8)20-3-2-10(21)7-13(20)15-11(17)5-9(16)6-12(15)18/h2-4,6,12H,5H2,1H3;2-6,13H,7H2,1H3. The summed E-state index contributed by atoms with van der Waals surface area (Å²) in [4.78, 5) is 26.3. The molecular weight excluding hydrogens is 630 g/mol. The lowest BCUT2D eigenvalue weighted by Crippen LogP contribution is -2.32. The number of Topliss-reactive ketones (excluding diaryl/α,β-unsaturated/α-hetero) is 1. The molecule has 0 bridgehead atoms. The van der Waals surface area contributed by atoms with Crippen molar-refractivity contribution in [3.8, 4) is 0 Å². The Kier molecular flexibility index (Phi) is 8.87. The fourth-order valence-electron chi connectivity index (χ4n) is 4.92. The highest BCUT2D eigenvalue weighted by atomic mass is 35.5. The molecule has 2 aliphatic heterocycles. The molecule has 2 aliphatic rings. The maximum atomic E-state index is 14.1. The van der Waals surface area contributed by atoms with Crippen LogP contribution in [0.2, 0.25) is 0 Å². The third kappa shape index (κ3) is 6.65. The van der Waals surface area contributed by atoms with Crippen LogP contribution in [0.25, 0.3) is 0 Å². The van der Waals surface area contributed by atoms with Crippen LogP contribution in [-0.2, 0) is 9.59 Å². The van der Waals surface area contributed by atoms with Crippen LogP contribution < -0.4 is 9.80 Å². The second-order valence-electron chi connectivity index (χ2n) is 10.1. The molecule has 45 heavy (non-hydrogen) atoms. The summed E-state index contributed by atoms with van der Waals surface area (Å²) in [7, 11) is 0. The van der Waals surface area contributed by atoms with Crippen LogP contribution in [0.1, 0.15) is 47.6 Å². The number of benzene rings is 2. The van der Waals surface area contributed by atoms with Crippen molar-refractivity contribution < 1.29 is 45.0 Å². The third-order valence-corrected chi connectivity index (χ3v) is 7.21. The number of allylic oxidation sites excluding steroid dienone is 2. The molecule has 2 aromatic carbocycles. The van der Waals surface area contributed by atoms with E-state index in [1.54, 1.807) is 19.9 Å². The van der Waals surface area contributed by atoms with Crippen LogP contribution >= 0.6 is 11.6 Å². The number of carbonyl (C=O) groups excluding carboxylic acids is 2. The van der Waals surface area contributed by atoms with E-state index < -0.39 is 58.3 Å². The number of rotatable bonds is 4. The largest absolute Gasteiger partial charge is 0.360 e. The summed E-state index contributed by atoms with van der Waals surface area (Å²) in [5, 5.41) is 7.46. The molecule has 6 rings (SSSR count). The number of hydrogen-bond donors (Lipinski definition) is 0. The Hall–Kier alpha value is -4.85. The molecule has 2 aromatic heterocycles. The first-order valence-corrected chi connectivity index (χ1v) is 13.5. The lowest BCUT2D eigenvalue weighted by Gasteiger charge is -2.32. The van der Waals surface area contributed by atoms with Gasteiger partial charge in [-0.15, -0.1) is 0 Å². The summed E-state index contributed by atoms with van der Waals surface area (Å²) in [6.07, 6.45) is 3.48. The van der Waals surface area contributed by atoms with E-state index >= 15 is 0 Å². The zero-order chi connectivity index (χ0) is 32.6. The zero-order valence-electron chi connectivity index (χ0n) is 23.3. The van der Waals surface area contributed by atoms with Gasteiger partial charge >= 0.3 is 0 Å². The Morgan fingerprint density at radius 3 is 1.60 bits per heavy atom. The first-order valence-electron chi connectivity index (χ1n) is 13.2. The van der Waals surface area contributed by atoms with Crippen molar-refractivity contribution in [2.24, 2.45) is 0 Å². The molecule has 0 aliphatic carbocycles. The van der Waals surface area contributed by atoms with E-state index in [1.807, 2.05) is 0 Å². The van der Waals surface area contributed by atoms with E-state index in [1.165, 1.54) is 34.3 Å². The minimum Gasteiger partial charge on any atom is -0.360 e. The van der Waals surface area contributed by atoms with Crippen molar-refractivity contribution in [3.05, 3.63) is 117 Å². The maximum absolute atomic E-state index is 14.1. The first kappa shape index (κ1) is 31.6. The molecule has 0 spiro atoms. The Bertz CT molecular complexity index is 1810. The summed E-state index contributed by atoms with van der Waals surface area (Å²) in [6.45, 7) is 3.31. The minimum absolute atomic E-state index is 0.0927.